The van der Waals surface area contributed by atoms with Gasteiger partial charge < -0.3 is 19.7 Å². The molecule has 33 heavy (non-hydrogen) atoms. The lowest BCUT2D eigenvalue weighted by Gasteiger charge is -2.29. The van der Waals surface area contributed by atoms with Crippen LogP contribution in [0.25, 0.3) is 16.7 Å². The van der Waals surface area contributed by atoms with Crippen LogP contribution in [0.4, 0.5) is 0 Å². The van der Waals surface area contributed by atoms with E-state index in [1.807, 2.05) is 18.2 Å². The minimum absolute atomic E-state index is 0.00518. The summed E-state index contributed by atoms with van der Waals surface area (Å²) < 4.78 is 11.6. The summed E-state index contributed by atoms with van der Waals surface area (Å²) in [6.07, 6.45) is 0. The summed E-state index contributed by atoms with van der Waals surface area (Å²) in [6, 6.07) is 20.0. The third-order valence-electron chi connectivity index (χ3n) is 5.98. The number of phenolic OH excluding ortho intramolecular Hbond substituents is 2. The normalized spacial score (nSPS) is 16.8. The number of ketones is 1. The molecule has 0 saturated heterocycles. The molecule has 3 aromatic carbocycles. The zero-order chi connectivity index (χ0) is 22.7. The number of ether oxygens (including phenoxy) is 2. The van der Waals surface area contributed by atoms with Gasteiger partial charge in [-0.05, 0) is 35.4 Å². The van der Waals surface area contributed by atoms with E-state index in [-0.39, 0.29) is 29.6 Å². The Morgan fingerprint density at radius 2 is 1.39 bits per heavy atom. The van der Waals surface area contributed by atoms with Crippen molar-refractivity contribution in [1.82, 2.24) is 0 Å². The Balaban J connectivity index is 1.70. The largest absolute Gasteiger partial charge is 0.508 e. The highest BCUT2D eigenvalue weighted by Gasteiger charge is 2.45. The van der Waals surface area contributed by atoms with Gasteiger partial charge in [-0.15, -0.1) is 0 Å². The number of carbonyl (C=O) groups excluding carboxylic acids is 2. The molecule has 2 N–H and O–H groups in total. The second-order valence-electron chi connectivity index (χ2n) is 7.91. The van der Waals surface area contributed by atoms with Gasteiger partial charge in [0, 0.05) is 28.3 Å². The molecule has 0 saturated carbocycles. The molecule has 3 aromatic rings. The van der Waals surface area contributed by atoms with Crippen molar-refractivity contribution in [3.05, 3.63) is 106 Å². The van der Waals surface area contributed by atoms with Crippen LogP contribution >= 0.6 is 0 Å². The minimum Gasteiger partial charge on any atom is -0.508 e. The number of phenols is 2. The molecule has 1 aliphatic carbocycles. The maximum Gasteiger partial charge on any atom is 0.344 e. The van der Waals surface area contributed by atoms with E-state index in [4.69, 9.17) is 9.47 Å². The Labute approximate surface area is 188 Å². The van der Waals surface area contributed by atoms with E-state index in [2.05, 4.69) is 0 Å². The average molecular weight is 436 g/mol. The predicted molar refractivity (Wildman–Crippen MR) is 120 cm³/mol. The summed E-state index contributed by atoms with van der Waals surface area (Å²) in [5.41, 5.74) is 3.88. The maximum absolute atomic E-state index is 13.7. The topological polar surface area (TPSA) is 93.1 Å². The SMILES string of the molecule is O=C1OC2=C(c3ccccc3)C(=O)C3=C(C2=C1c1ccc(O)cc1)c1ccc(O)cc1OC3. The van der Waals surface area contributed by atoms with Gasteiger partial charge in [0.1, 0.15) is 23.9 Å². The second kappa shape index (κ2) is 6.97. The molecule has 6 heteroatoms. The van der Waals surface area contributed by atoms with Crippen LogP contribution < -0.4 is 4.74 Å². The van der Waals surface area contributed by atoms with E-state index in [0.29, 0.717) is 50.3 Å². The fraction of sp³-hybridized carbons (Fsp3) is 0.0370. The Bertz CT molecular complexity index is 1460. The quantitative estimate of drug-likeness (QED) is 0.584. The van der Waals surface area contributed by atoms with Crippen LogP contribution in [0, 0.1) is 0 Å². The number of allylic oxidation sites excluding steroid dienone is 2. The molecule has 2 aliphatic heterocycles. The summed E-state index contributed by atoms with van der Waals surface area (Å²) in [4.78, 5) is 26.9. The molecule has 0 radical (unpaired) electrons. The summed E-state index contributed by atoms with van der Waals surface area (Å²) in [7, 11) is 0. The fourth-order valence-electron chi connectivity index (χ4n) is 4.52. The number of aromatic hydroxyl groups is 2. The number of hydrogen-bond donors (Lipinski definition) is 2. The first-order valence-electron chi connectivity index (χ1n) is 10.3. The molecule has 6 rings (SSSR count). The molecule has 6 nitrogen and oxygen atoms in total. The molecular weight excluding hydrogens is 420 g/mol. The molecule has 0 spiro atoms. The second-order valence-corrected chi connectivity index (χ2v) is 7.91. The van der Waals surface area contributed by atoms with Gasteiger partial charge >= 0.3 is 5.97 Å². The minimum atomic E-state index is -0.576. The van der Waals surface area contributed by atoms with Crippen molar-refractivity contribution in [2.24, 2.45) is 0 Å². The molecule has 0 fully saturated rings. The van der Waals surface area contributed by atoms with Crippen molar-refractivity contribution < 1.29 is 29.3 Å². The number of rotatable bonds is 2. The Hall–Kier alpha value is -4.58. The molecule has 0 aromatic heterocycles. The Morgan fingerprint density at radius 1 is 0.697 bits per heavy atom. The van der Waals surface area contributed by atoms with E-state index in [1.54, 1.807) is 30.3 Å². The first-order chi connectivity index (χ1) is 16.0. The lowest BCUT2D eigenvalue weighted by molar-refractivity contribution is -0.131. The van der Waals surface area contributed by atoms with Crippen LogP contribution in [-0.4, -0.2) is 28.6 Å². The summed E-state index contributed by atoms with van der Waals surface area (Å²) in [5, 5.41) is 19.7. The molecule has 0 bridgehead atoms. The Morgan fingerprint density at radius 3 is 2.15 bits per heavy atom. The van der Waals surface area contributed by atoms with Crippen LogP contribution in [0.3, 0.4) is 0 Å². The molecule has 0 atom stereocenters. The lowest BCUT2D eigenvalue weighted by atomic mass is 9.77. The summed E-state index contributed by atoms with van der Waals surface area (Å²) in [6.45, 7) is -0.00518. The monoisotopic (exact) mass is 436 g/mol. The Kier molecular flexibility index (Phi) is 4.04. The summed E-state index contributed by atoms with van der Waals surface area (Å²) in [5.74, 6) is -0.116. The van der Waals surface area contributed by atoms with E-state index in [0.717, 1.165) is 0 Å². The molecule has 2 heterocycles. The van der Waals surface area contributed by atoms with Crippen LogP contribution in [0.15, 0.2) is 89.7 Å². The van der Waals surface area contributed by atoms with E-state index >= 15 is 0 Å². The van der Waals surface area contributed by atoms with Crippen LogP contribution in [0.2, 0.25) is 0 Å². The van der Waals surface area contributed by atoms with E-state index < -0.39 is 5.97 Å². The van der Waals surface area contributed by atoms with Crippen molar-refractivity contribution in [1.29, 1.82) is 0 Å². The van der Waals surface area contributed by atoms with Crippen molar-refractivity contribution in [3.63, 3.8) is 0 Å². The number of carbonyl (C=O) groups is 2. The number of hydrogen-bond acceptors (Lipinski definition) is 6. The first kappa shape index (κ1) is 19.1. The molecular formula is C27H16O6. The van der Waals surface area contributed by atoms with Crippen LogP contribution in [0.5, 0.6) is 17.2 Å². The molecule has 0 unspecified atom stereocenters. The van der Waals surface area contributed by atoms with E-state index in [9.17, 15) is 19.8 Å². The van der Waals surface area contributed by atoms with Crippen molar-refractivity contribution in [2.75, 3.05) is 6.61 Å². The molecule has 160 valence electrons. The smallest absolute Gasteiger partial charge is 0.344 e. The highest BCUT2D eigenvalue weighted by Crippen LogP contribution is 2.52. The van der Waals surface area contributed by atoms with Gasteiger partial charge in [-0.3, -0.25) is 4.79 Å². The fourth-order valence-corrected chi connectivity index (χ4v) is 4.52. The average Bonchev–Trinajstić information content (AvgIpc) is 3.16. The van der Waals surface area contributed by atoms with Crippen LogP contribution in [-0.2, 0) is 14.3 Å². The van der Waals surface area contributed by atoms with Gasteiger partial charge in [-0.2, -0.15) is 0 Å². The van der Waals surface area contributed by atoms with E-state index in [1.165, 1.54) is 24.3 Å². The third kappa shape index (κ3) is 2.81. The predicted octanol–water partition coefficient (Wildman–Crippen LogP) is 4.25. The highest BCUT2D eigenvalue weighted by atomic mass is 16.5. The van der Waals surface area contributed by atoms with Crippen molar-refractivity contribution in [3.8, 4) is 17.2 Å². The van der Waals surface area contributed by atoms with Crippen LogP contribution in [0.1, 0.15) is 16.7 Å². The van der Waals surface area contributed by atoms with Crippen molar-refractivity contribution in [2.45, 2.75) is 0 Å². The van der Waals surface area contributed by atoms with Gasteiger partial charge in [0.15, 0.2) is 11.5 Å². The summed E-state index contributed by atoms with van der Waals surface area (Å²) >= 11 is 0. The number of esters is 1. The standard InChI is InChI=1S/C27H16O6/c28-16-8-6-15(7-9-16)21-24-23-18-11-10-17(29)12-20(18)32-13-19(23)25(30)22(26(24)33-27(21)31)14-4-2-1-3-5-14/h1-12,28-29H,13H2. The third-order valence-corrected chi connectivity index (χ3v) is 5.98. The van der Waals surface area contributed by atoms with Gasteiger partial charge in [0.05, 0.1) is 11.1 Å². The number of fused-ring (bicyclic) bond motifs is 4. The zero-order valence-electron chi connectivity index (χ0n) is 17.2. The molecule has 3 aliphatic rings. The van der Waals surface area contributed by atoms with Crippen molar-refractivity contribution >= 4 is 28.5 Å². The zero-order valence-corrected chi connectivity index (χ0v) is 17.2. The van der Waals surface area contributed by atoms with Gasteiger partial charge in [-0.25, -0.2) is 4.79 Å². The van der Waals surface area contributed by atoms with Gasteiger partial charge in [-0.1, -0.05) is 42.5 Å². The molecule has 0 amide bonds. The highest BCUT2D eigenvalue weighted by molar-refractivity contribution is 6.39. The number of Topliss-reactive ketones (excluding diaryl/α,β-unsaturated/α-hetero) is 1. The maximum atomic E-state index is 13.7. The van der Waals surface area contributed by atoms with Gasteiger partial charge in [0.2, 0.25) is 0 Å². The lowest BCUT2D eigenvalue weighted by Crippen LogP contribution is -2.24. The number of benzene rings is 3. The van der Waals surface area contributed by atoms with Gasteiger partial charge in [0.25, 0.3) is 0 Å². The first-order valence-corrected chi connectivity index (χ1v) is 10.3.